The van der Waals surface area contributed by atoms with Crippen LogP contribution < -0.4 is 10.6 Å². The quantitative estimate of drug-likeness (QED) is 0.673. The number of hydrogen-bond donors (Lipinski definition) is 2. The van der Waals surface area contributed by atoms with Crippen molar-refractivity contribution in [2.75, 3.05) is 11.9 Å². The van der Waals surface area contributed by atoms with Crippen molar-refractivity contribution in [2.24, 2.45) is 0 Å². The van der Waals surface area contributed by atoms with Crippen molar-refractivity contribution in [3.63, 3.8) is 0 Å². The second kappa shape index (κ2) is 9.29. The fourth-order valence-corrected chi connectivity index (χ4v) is 2.79. The molecular formula is C23H18FN3O2. The first-order chi connectivity index (χ1) is 14.1. The van der Waals surface area contributed by atoms with Gasteiger partial charge >= 0.3 is 0 Å². The minimum Gasteiger partial charge on any atom is -0.352 e. The predicted molar refractivity (Wildman–Crippen MR) is 108 cm³/mol. The van der Waals surface area contributed by atoms with E-state index in [-0.39, 0.29) is 24.2 Å². The smallest absolute Gasteiger partial charge is 0.255 e. The van der Waals surface area contributed by atoms with Crippen molar-refractivity contribution in [3.8, 4) is 6.07 Å². The van der Waals surface area contributed by atoms with E-state index in [1.54, 1.807) is 60.7 Å². The normalized spacial score (nSPS) is 10.1. The Morgan fingerprint density at radius 1 is 0.897 bits per heavy atom. The van der Waals surface area contributed by atoms with Crippen molar-refractivity contribution in [2.45, 2.75) is 6.42 Å². The standard InChI is InChI=1S/C23H18FN3O2/c24-21-10-2-1-6-17(21)11-12-26-22(28)18-7-4-8-19(14-18)23(29)27-20-9-3-5-16(13-20)15-25/h1-10,13-14H,11-12H2,(H,26,28)(H,27,29). The van der Waals surface area contributed by atoms with Gasteiger partial charge in [-0.2, -0.15) is 5.26 Å². The van der Waals surface area contributed by atoms with Crippen LogP contribution in [0.1, 0.15) is 31.8 Å². The zero-order chi connectivity index (χ0) is 20.6. The van der Waals surface area contributed by atoms with Crippen LogP contribution in [0.15, 0.2) is 72.8 Å². The van der Waals surface area contributed by atoms with Gasteiger partial charge in [0.05, 0.1) is 11.6 Å². The van der Waals surface area contributed by atoms with Crippen LogP contribution in [0.4, 0.5) is 10.1 Å². The van der Waals surface area contributed by atoms with Crippen molar-refractivity contribution in [3.05, 3.63) is 101 Å². The monoisotopic (exact) mass is 387 g/mol. The number of carbonyl (C=O) groups excluding carboxylic acids is 2. The van der Waals surface area contributed by atoms with Crippen molar-refractivity contribution >= 4 is 17.5 Å². The molecule has 0 spiro atoms. The Morgan fingerprint density at radius 3 is 2.38 bits per heavy atom. The van der Waals surface area contributed by atoms with Gasteiger partial charge in [0.25, 0.3) is 11.8 Å². The third-order valence-corrected chi connectivity index (χ3v) is 4.27. The Bertz CT molecular complexity index is 1090. The first-order valence-electron chi connectivity index (χ1n) is 9.00. The lowest BCUT2D eigenvalue weighted by atomic mass is 10.1. The van der Waals surface area contributed by atoms with Gasteiger partial charge in [-0.05, 0) is 54.4 Å². The Labute approximate surface area is 167 Å². The molecule has 3 aromatic carbocycles. The lowest BCUT2D eigenvalue weighted by Crippen LogP contribution is -2.26. The second-order valence-electron chi connectivity index (χ2n) is 6.32. The Balaban J connectivity index is 1.62. The summed E-state index contributed by atoms with van der Waals surface area (Å²) in [7, 11) is 0. The van der Waals surface area contributed by atoms with E-state index in [9.17, 15) is 14.0 Å². The number of hydrogen-bond acceptors (Lipinski definition) is 3. The molecule has 0 fully saturated rings. The number of amides is 2. The van der Waals surface area contributed by atoms with Crippen LogP contribution in [0, 0.1) is 17.1 Å². The summed E-state index contributed by atoms with van der Waals surface area (Å²) in [5.41, 5.74) is 2.10. The Hall–Kier alpha value is -3.98. The number of benzene rings is 3. The van der Waals surface area contributed by atoms with Gasteiger partial charge in [0.1, 0.15) is 5.82 Å². The molecule has 0 aliphatic rings. The zero-order valence-corrected chi connectivity index (χ0v) is 15.5. The van der Waals surface area contributed by atoms with Crippen LogP contribution >= 0.6 is 0 Å². The van der Waals surface area contributed by atoms with Gasteiger partial charge in [-0.1, -0.05) is 30.3 Å². The highest BCUT2D eigenvalue weighted by Crippen LogP contribution is 2.13. The molecule has 0 bridgehead atoms. The molecule has 2 amide bonds. The fraction of sp³-hybridized carbons (Fsp3) is 0.0870. The van der Waals surface area contributed by atoms with Crippen LogP contribution in [-0.4, -0.2) is 18.4 Å². The lowest BCUT2D eigenvalue weighted by Gasteiger charge is -2.09. The zero-order valence-electron chi connectivity index (χ0n) is 15.5. The molecule has 2 N–H and O–H groups in total. The molecule has 3 aromatic rings. The largest absolute Gasteiger partial charge is 0.352 e. The van der Waals surface area contributed by atoms with Crippen molar-refractivity contribution in [1.82, 2.24) is 5.32 Å². The number of nitriles is 1. The molecule has 5 nitrogen and oxygen atoms in total. The van der Waals surface area contributed by atoms with E-state index in [2.05, 4.69) is 10.6 Å². The molecule has 0 atom stereocenters. The number of carbonyl (C=O) groups is 2. The third kappa shape index (κ3) is 5.27. The average Bonchev–Trinajstić information content (AvgIpc) is 2.75. The van der Waals surface area contributed by atoms with Gasteiger partial charge in [-0.15, -0.1) is 0 Å². The first kappa shape index (κ1) is 19.8. The molecule has 144 valence electrons. The van der Waals surface area contributed by atoms with E-state index in [1.807, 2.05) is 6.07 Å². The summed E-state index contributed by atoms with van der Waals surface area (Å²) in [5.74, 6) is -1.04. The number of halogens is 1. The van der Waals surface area contributed by atoms with E-state index in [0.29, 0.717) is 34.4 Å². The molecule has 0 radical (unpaired) electrons. The molecular weight excluding hydrogens is 369 g/mol. The maximum Gasteiger partial charge on any atom is 0.255 e. The molecule has 0 saturated heterocycles. The number of rotatable bonds is 6. The van der Waals surface area contributed by atoms with Gasteiger partial charge in [0, 0.05) is 23.4 Å². The summed E-state index contributed by atoms with van der Waals surface area (Å²) in [4.78, 5) is 24.8. The molecule has 0 aliphatic carbocycles. The van der Waals surface area contributed by atoms with Crippen LogP contribution in [0.5, 0.6) is 0 Å². The molecule has 0 saturated carbocycles. The summed E-state index contributed by atoms with van der Waals surface area (Å²) in [6, 6.07) is 21.3. The molecule has 0 aromatic heterocycles. The maximum atomic E-state index is 13.6. The number of nitrogens with one attached hydrogen (secondary N) is 2. The first-order valence-corrected chi connectivity index (χ1v) is 9.00. The van der Waals surface area contributed by atoms with Crippen LogP contribution in [0.2, 0.25) is 0 Å². The molecule has 6 heteroatoms. The number of nitrogens with zero attached hydrogens (tertiary/aromatic N) is 1. The van der Waals surface area contributed by atoms with Gasteiger partial charge in [-0.3, -0.25) is 9.59 Å². The molecule has 3 rings (SSSR count). The van der Waals surface area contributed by atoms with E-state index < -0.39 is 0 Å². The topological polar surface area (TPSA) is 82.0 Å². The average molecular weight is 387 g/mol. The highest BCUT2D eigenvalue weighted by molar-refractivity contribution is 6.06. The van der Waals surface area contributed by atoms with Crippen molar-refractivity contribution in [1.29, 1.82) is 5.26 Å². The van der Waals surface area contributed by atoms with E-state index in [4.69, 9.17) is 5.26 Å². The number of anilines is 1. The minimum atomic E-state index is -0.388. The van der Waals surface area contributed by atoms with Crippen molar-refractivity contribution < 1.29 is 14.0 Å². The second-order valence-corrected chi connectivity index (χ2v) is 6.32. The predicted octanol–water partition coefficient (Wildman–Crippen LogP) is 3.92. The maximum absolute atomic E-state index is 13.6. The van der Waals surface area contributed by atoms with Gasteiger partial charge < -0.3 is 10.6 Å². The molecule has 0 unspecified atom stereocenters. The van der Waals surface area contributed by atoms with Gasteiger partial charge in [-0.25, -0.2) is 4.39 Å². The highest BCUT2D eigenvalue weighted by Gasteiger charge is 2.11. The Kier molecular flexibility index (Phi) is 6.33. The van der Waals surface area contributed by atoms with E-state index in [1.165, 1.54) is 12.1 Å². The van der Waals surface area contributed by atoms with Gasteiger partial charge in [0.15, 0.2) is 0 Å². The summed E-state index contributed by atoms with van der Waals surface area (Å²) >= 11 is 0. The van der Waals surface area contributed by atoms with E-state index >= 15 is 0 Å². The van der Waals surface area contributed by atoms with E-state index in [0.717, 1.165) is 0 Å². The molecule has 0 aliphatic heterocycles. The minimum absolute atomic E-state index is 0.275. The summed E-state index contributed by atoms with van der Waals surface area (Å²) in [6.07, 6.45) is 0.369. The molecule has 29 heavy (non-hydrogen) atoms. The van der Waals surface area contributed by atoms with Crippen LogP contribution in [0.3, 0.4) is 0 Å². The third-order valence-electron chi connectivity index (χ3n) is 4.27. The Morgan fingerprint density at radius 2 is 1.62 bits per heavy atom. The highest BCUT2D eigenvalue weighted by atomic mass is 19.1. The van der Waals surface area contributed by atoms with Crippen LogP contribution in [-0.2, 0) is 6.42 Å². The molecule has 0 heterocycles. The summed E-state index contributed by atoms with van der Waals surface area (Å²) < 4.78 is 13.6. The SMILES string of the molecule is N#Cc1cccc(NC(=O)c2cccc(C(=O)NCCc3ccccc3F)c2)c1. The van der Waals surface area contributed by atoms with Gasteiger partial charge in [0.2, 0.25) is 0 Å². The lowest BCUT2D eigenvalue weighted by molar-refractivity contribution is 0.0954. The summed E-state index contributed by atoms with van der Waals surface area (Å²) in [5, 5.41) is 14.4. The fourth-order valence-electron chi connectivity index (χ4n) is 2.79. The summed E-state index contributed by atoms with van der Waals surface area (Å²) in [6.45, 7) is 0.275. The van der Waals surface area contributed by atoms with Crippen LogP contribution in [0.25, 0.3) is 0 Å².